The average Bonchev–Trinajstić information content (AvgIpc) is 2.90. The highest BCUT2D eigenvalue weighted by atomic mass is 16.1. The molecular weight excluding hydrogens is 593 g/mol. The number of allylic oxidation sites excluding steroid dienone is 2. The third kappa shape index (κ3) is 31.1. The molecular formula is C48H92O. The summed E-state index contributed by atoms with van der Waals surface area (Å²) in [6.07, 6.45) is 16.9. The predicted molar refractivity (Wildman–Crippen MR) is 227 cm³/mol. The van der Waals surface area contributed by atoms with Gasteiger partial charge >= 0.3 is 0 Å². The molecule has 1 nitrogen and oxygen atoms in total. The fraction of sp³-hybridized carbons (Fsp3) is 0.812. The quantitative estimate of drug-likeness (QED) is 0.228. The van der Waals surface area contributed by atoms with Crippen molar-refractivity contribution in [3.05, 3.63) is 47.5 Å². The smallest absolute Gasteiger partial charge is 0.143 e. The number of aryl methyl sites for hydroxylation is 1. The number of carbonyl (C=O) groups excluding carboxylic acids is 1. The number of ketones is 1. The molecule has 1 aliphatic rings. The molecule has 1 aliphatic carbocycles. The second-order valence-corrected chi connectivity index (χ2v) is 21.6. The van der Waals surface area contributed by atoms with E-state index in [1.807, 2.05) is 41.5 Å². The lowest BCUT2D eigenvalue weighted by molar-refractivity contribution is -0.134. The van der Waals surface area contributed by atoms with Crippen molar-refractivity contribution in [1.29, 1.82) is 0 Å². The monoisotopic (exact) mass is 685 g/mol. The number of rotatable bonds is 4. The summed E-state index contributed by atoms with van der Waals surface area (Å²) in [4.78, 5) is 11.5. The number of benzene rings is 1. The molecule has 0 amide bonds. The molecule has 0 N–H and O–H groups in total. The van der Waals surface area contributed by atoms with Crippen molar-refractivity contribution in [2.24, 2.45) is 38.9 Å². The van der Waals surface area contributed by atoms with Crippen LogP contribution in [0.25, 0.3) is 0 Å². The molecule has 0 radical (unpaired) electrons. The van der Waals surface area contributed by atoms with Crippen LogP contribution in [0.4, 0.5) is 0 Å². The van der Waals surface area contributed by atoms with Gasteiger partial charge in [-0.3, -0.25) is 4.79 Å². The molecule has 49 heavy (non-hydrogen) atoms. The van der Waals surface area contributed by atoms with Crippen LogP contribution in [0, 0.1) is 45.8 Å². The van der Waals surface area contributed by atoms with Gasteiger partial charge in [-0.05, 0) is 84.2 Å². The molecule has 0 aromatic heterocycles. The van der Waals surface area contributed by atoms with E-state index < -0.39 is 0 Å². The highest BCUT2D eigenvalue weighted by Gasteiger charge is 2.31. The first-order valence-electron chi connectivity index (χ1n) is 20.0. The van der Waals surface area contributed by atoms with Crippen molar-refractivity contribution in [2.45, 2.75) is 216 Å². The maximum Gasteiger partial charge on any atom is 0.143 e. The Morgan fingerprint density at radius 1 is 0.694 bits per heavy atom. The van der Waals surface area contributed by atoms with Crippen LogP contribution < -0.4 is 0 Å². The third-order valence-electron chi connectivity index (χ3n) is 9.05. The van der Waals surface area contributed by atoms with Crippen molar-refractivity contribution < 1.29 is 4.79 Å². The van der Waals surface area contributed by atoms with E-state index in [1.165, 1.54) is 68.9 Å². The molecule has 0 saturated heterocycles. The zero-order valence-electron chi connectivity index (χ0n) is 37.9. The van der Waals surface area contributed by atoms with E-state index in [2.05, 4.69) is 147 Å². The Hall–Kier alpha value is -1.37. The Balaban J connectivity index is -0.000000543. The van der Waals surface area contributed by atoms with E-state index >= 15 is 0 Å². The van der Waals surface area contributed by atoms with Crippen molar-refractivity contribution in [3.8, 4) is 0 Å². The van der Waals surface area contributed by atoms with Gasteiger partial charge in [0.25, 0.3) is 0 Å². The Kier molecular flexibility index (Phi) is 24.7. The van der Waals surface area contributed by atoms with E-state index in [4.69, 9.17) is 0 Å². The first kappa shape index (κ1) is 52.0. The van der Waals surface area contributed by atoms with Crippen LogP contribution in [0.15, 0.2) is 36.4 Å². The van der Waals surface area contributed by atoms with E-state index in [0.717, 1.165) is 11.8 Å². The van der Waals surface area contributed by atoms with Gasteiger partial charge < -0.3 is 0 Å². The molecule has 0 aliphatic heterocycles. The van der Waals surface area contributed by atoms with E-state index in [-0.39, 0.29) is 16.2 Å². The summed E-state index contributed by atoms with van der Waals surface area (Å²) < 4.78 is 0. The first-order valence-corrected chi connectivity index (χ1v) is 20.0. The molecule has 0 atom stereocenters. The van der Waals surface area contributed by atoms with Crippen molar-refractivity contribution >= 4 is 5.78 Å². The minimum Gasteiger partial charge on any atom is -0.299 e. The lowest BCUT2D eigenvalue weighted by Crippen LogP contribution is -2.32. The van der Waals surface area contributed by atoms with E-state index in [0.29, 0.717) is 22.0 Å². The van der Waals surface area contributed by atoms with Crippen molar-refractivity contribution in [2.75, 3.05) is 0 Å². The number of hydrogen-bond donors (Lipinski definition) is 0. The molecule has 0 spiro atoms. The summed E-state index contributed by atoms with van der Waals surface area (Å²) in [6, 6.07) is 8.56. The zero-order valence-corrected chi connectivity index (χ0v) is 37.9. The molecule has 2 rings (SSSR count). The number of unbranched alkanes of at least 4 members (excludes halogenated alkanes) is 2. The molecule has 0 unspecified atom stereocenters. The Bertz CT molecular complexity index is 972. The zero-order chi connectivity index (χ0) is 39.5. The van der Waals surface area contributed by atoms with Gasteiger partial charge in [-0.15, -0.1) is 0 Å². The van der Waals surface area contributed by atoms with Gasteiger partial charge in [0.2, 0.25) is 0 Å². The van der Waals surface area contributed by atoms with Gasteiger partial charge in [-0.1, -0.05) is 207 Å². The number of carbonyl (C=O) groups is 1. The minimum atomic E-state index is -0.196. The fourth-order valence-corrected chi connectivity index (χ4v) is 6.04. The van der Waals surface area contributed by atoms with Crippen molar-refractivity contribution in [3.63, 3.8) is 0 Å². The van der Waals surface area contributed by atoms with E-state index in [9.17, 15) is 4.79 Å². The summed E-state index contributed by atoms with van der Waals surface area (Å²) in [5.41, 5.74) is 4.30. The molecule has 1 aromatic rings. The minimum absolute atomic E-state index is 0.196. The molecule has 290 valence electrons. The number of hydrogen-bond acceptors (Lipinski definition) is 1. The van der Waals surface area contributed by atoms with Gasteiger partial charge in [-0.2, -0.15) is 0 Å². The lowest BCUT2D eigenvalue weighted by Gasteiger charge is -2.35. The number of Topliss-reactive ketones (excluding diaryl/α,β-unsaturated/α-hetero) is 1. The van der Waals surface area contributed by atoms with Crippen LogP contribution >= 0.6 is 0 Å². The van der Waals surface area contributed by atoms with Gasteiger partial charge in [0.05, 0.1) is 0 Å². The third-order valence-corrected chi connectivity index (χ3v) is 9.05. The summed E-state index contributed by atoms with van der Waals surface area (Å²) in [6.45, 7) is 48.2. The lowest BCUT2D eigenvalue weighted by atomic mass is 9.70. The topological polar surface area (TPSA) is 17.1 Å². The second kappa shape index (κ2) is 23.2. The summed E-state index contributed by atoms with van der Waals surface area (Å²) >= 11 is 0. The maximum atomic E-state index is 11.5. The summed E-state index contributed by atoms with van der Waals surface area (Å²) in [5.74, 6) is 2.30. The normalized spacial score (nSPS) is 17.3. The molecule has 1 heteroatoms. The van der Waals surface area contributed by atoms with Crippen LogP contribution in [0.1, 0.15) is 214 Å². The molecule has 0 bridgehead atoms. The van der Waals surface area contributed by atoms with Crippen LogP contribution in [0.2, 0.25) is 0 Å². The Labute approximate surface area is 311 Å². The average molecular weight is 685 g/mol. The summed E-state index contributed by atoms with van der Waals surface area (Å²) in [5, 5.41) is 0. The molecule has 0 heterocycles. The fourth-order valence-electron chi connectivity index (χ4n) is 6.04. The second-order valence-electron chi connectivity index (χ2n) is 21.6. The van der Waals surface area contributed by atoms with Gasteiger partial charge in [0.15, 0.2) is 0 Å². The summed E-state index contributed by atoms with van der Waals surface area (Å²) in [7, 11) is 0. The van der Waals surface area contributed by atoms with E-state index in [1.54, 1.807) is 0 Å². The van der Waals surface area contributed by atoms with Crippen molar-refractivity contribution in [1.82, 2.24) is 0 Å². The van der Waals surface area contributed by atoms with Crippen LogP contribution in [-0.4, -0.2) is 5.78 Å². The molecule has 1 fully saturated rings. The van der Waals surface area contributed by atoms with Crippen LogP contribution in [0.3, 0.4) is 0 Å². The highest BCUT2D eigenvalue weighted by Crippen LogP contribution is 2.39. The first-order chi connectivity index (χ1) is 21.8. The standard InChI is InChI=1S/C11H22.C11H16.C9H18O.C9H20.C8H16/c1-9-5-7-10(8-6-9)11(2,3)4;1-9-7-5-6-8-10(9)11(2,3)4;1-8(2,3)7(10)9(4,5)6;1-5-6-7-8-9(2,3)4;1-5-6-7-8(2,3)4/h9-10H,5-8H2,1-4H3;5-8H,1-4H3;1-6H3;5-8H2,1-4H3;5-6H,7H2,1-4H3/b;;;;6-5+. The van der Waals surface area contributed by atoms with Crippen LogP contribution in [-0.2, 0) is 10.2 Å². The van der Waals surface area contributed by atoms with Crippen LogP contribution in [0.5, 0.6) is 0 Å². The maximum absolute atomic E-state index is 11.5. The van der Waals surface area contributed by atoms with Gasteiger partial charge in [0, 0.05) is 10.8 Å². The largest absolute Gasteiger partial charge is 0.299 e. The Morgan fingerprint density at radius 2 is 1.14 bits per heavy atom. The van der Waals surface area contributed by atoms with Gasteiger partial charge in [0.1, 0.15) is 5.78 Å². The predicted octanol–water partition coefficient (Wildman–Crippen LogP) is 16.4. The molecule has 1 aromatic carbocycles. The van der Waals surface area contributed by atoms with Gasteiger partial charge in [-0.25, -0.2) is 0 Å². The SMILES string of the molecule is C/C=C/CC(C)(C)C.CC(C)(C)C(=O)C(C)(C)C.CC1CCC(C(C)(C)C)CC1.CCCCCC(C)(C)C.Cc1ccccc1C(C)(C)C. The Morgan fingerprint density at radius 3 is 1.39 bits per heavy atom. The highest BCUT2D eigenvalue weighted by molar-refractivity contribution is 5.88. The molecule has 1 saturated carbocycles.